The number of ether oxygens (including phenoxy) is 2. The fraction of sp³-hybridized carbons (Fsp3) is 0.381. The monoisotopic (exact) mass is 373 g/mol. The van der Waals surface area contributed by atoms with Crippen molar-refractivity contribution in [1.29, 1.82) is 0 Å². The summed E-state index contributed by atoms with van der Waals surface area (Å²) in [4.78, 5) is 14.8. The number of Topliss-reactive ketones (excluding diaryl/α,β-unsaturated/α-hetero) is 1. The van der Waals surface area contributed by atoms with E-state index < -0.39 is 0 Å². The molecule has 26 heavy (non-hydrogen) atoms. The smallest absolute Gasteiger partial charge is 0.164 e. The molecule has 3 rings (SSSR count). The summed E-state index contributed by atoms with van der Waals surface area (Å²) in [7, 11) is 3.31. The van der Waals surface area contributed by atoms with Crippen LogP contribution in [0.1, 0.15) is 40.9 Å². The standard InChI is InChI=1S/C21H24ClNO3/c1-14-18-13-21(26-3)20(25-2)12-16(18)8-10-23(14)11-9-19(24)15-4-6-17(22)7-5-15/h4-7,12-14H,8-11H2,1-3H3. The molecule has 1 heterocycles. The minimum Gasteiger partial charge on any atom is -0.493 e. The van der Waals surface area contributed by atoms with Crippen molar-refractivity contribution in [2.45, 2.75) is 25.8 Å². The molecule has 4 nitrogen and oxygen atoms in total. The molecule has 5 heteroatoms. The van der Waals surface area contributed by atoms with Crippen LogP contribution >= 0.6 is 11.6 Å². The Labute approximate surface area is 159 Å². The number of hydrogen-bond acceptors (Lipinski definition) is 4. The Morgan fingerprint density at radius 3 is 2.46 bits per heavy atom. The number of hydrogen-bond donors (Lipinski definition) is 0. The summed E-state index contributed by atoms with van der Waals surface area (Å²) >= 11 is 5.89. The van der Waals surface area contributed by atoms with Gasteiger partial charge in [-0.1, -0.05) is 11.6 Å². The van der Waals surface area contributed by atoms with Gasteiger partial charge in [0.2, 0.25) is 0 Å². The Bertz CT molecular complexity index is 789. The predicted molar refractivity (Wildman–Crippen MR) is 104 cm³/mol. The van der Waals surface area contributed by atoms with Crippen molar-refractivity contribution in [2.24, 2.45) is 0 Å². The Morgan fingerprint density at radius 1 is 1.15 bits per heavy atom. The highest BCUT2D eigenvalue weighted by Gasteiger charge is 2.26. The van der Waals surface area contributed by atoms with Gasteiger partial charge in [-0.25, -0.2) is 0 Å². The fourth-order valence-electron chi connectivity index (χ4n) is 3.53. The summed E-state index contributed by atoms with van der Waals surface area (Å²) in [6, 6.07) is 11.5. The first-order valence-corrected chi connectivity index (χ1v) is 9.19. The minimum atomic E-state index is 0.145. The van der Waals surface area contributed by atoms with Gasteiger partial charge in [0.05, 0.1) is 14.2 Å². The van der Waals surface area contributed by atoms with Crippen molar-refractivity contribution < 1.29 is 14.3 Å². The zero-order chi connectivity index (χ0) is 18.7. The van der Waals surface area contributed by atoms with Crippen LogP contribution in [0.3, 0.4) is 0 Å². The lowest BCUT2D eigenvalue weighted by Gasteiger charge is -2.35. The van der Waals surface area contributed by atoms with Gasteiger partial charge in [0.25, 0.3) is 0 Å². The molecule has 138 valence electrons. The van der Waals surface area contributed by atoms with E-state index in [4.69, 9.17) is 21.1 Å². The molecule has 0 aliphatic carbocycles. The van der Waals surface area contributed by atoms with Crippen LogP contribution in [0.15, 0.2) is 36.4 Å². The van der Waals surface area contributed by atoms with Crippen molar-refractivity contribution in [2.75, 3.05) is 27.3 Å². The number of halogens is 1. The first-order chi connectivity index (χ1) is 12.5. The molecular formula is C21H24ClNO3. The summed E-state index contributed by atoms with van der Waals surface area (Å²) < 4.78 is 10.9. The van der Waals surface area contributed by atoms with Gasteiger partial charge < -0.3 is 9.47 Å². The maximum absolute atomic E-state index is 12.4. The number of rotatable bonds is 6. The molecule has 0 saturated carbocycles. The number of fused-ring (bicyclic) bond motifs is 1. The van der Waals surface area contributed by atoms with Crippen LogP contribution in [0.4, 0.5) is 0 Å². The van der Waals surface area contributed by atoms with E-state index in [9.17, 15) is 4.79 Å². The molecule has 2 aromatic rings. The summed E-state index contributed by atoms with van der Waals surface area (Å²) in [6.45, 7) is 3.84. The molecule has 0 bridgehead atoms. The van der Waals surface area contributed by atoms with E-state index in [0.29, 0.717) is 17.0 Å². The third-order valence-corrected chi connectivity index (χ3v) is 5.36. The third-order valence-electron chi connectivity index (χ3n) is 5.10. The summed E-state index contributed by atoms with van der Waals surface area (Å²) in [6.07, 6.45) is 1.43. The zero-order valence-corrected chi connectivity index (χ0v) is 16.2. The maximum atomic E-state index is 12.4. The van der Waals surface area contributed by atoms with Crippen molar-refractivity contribution >= 4 is 17.4 Å². The molecule has 1 atom stereocenters. The zero-order valence-electron chi connectivity index (χ0n) is 15.4. The van der Waals surface area contributed by atoms with E-state index in [1.807, 2.05) is 0 Å². The Kier molecular flexibility index (Phi) is 5.84. The average molecular weight is 374 g/mol. The van der Waals surface area contributed by atoms with E-state index >= 15 is 0 Å². The quantitative estimate of drug-likeness (QED) is 0.696. The lowest BCUT2D eigenvalue weighted by atomic mass is 9.92. The summed E-state index contributed by atoms with van der Waals surface area (Å²) in [5, 5.41) is 0.646. The molecule has 0 radical (unpaired) electrons. The number of benzene rings is 2. The van der Waals surface area contributed by atoms with Crippen LogP contribution in [-0.4, -0.2) is 38.0 Å². The number of carbonyl (C=O) groups excluding carboxylic acids is 1. The molecular weight excluding hydrogens is 350 g/mol. The SMILES string of the molecule is COc1cc2c(cc1OC)C(C)N(CCC(=O)c1ccc(Cl)cc1)CC2. The Balaban J connectivity index is 1.69. The van der Waals surface area contributed by atoms with Crippen LogP contribution in [0.5, 0.6) is 11.5 Å². The molecule has 0 fully saturated rings. The molecule has 0 aromatic heterocycles. The molecule has 0 spiro atoms. The second kappa shape index (κ2) is 8.11. The van der Waals surface area contributed by atoms with Crippen molar-refractivity contribution in [3.05, 3.63) is 58.1 Å². The summed E-state index contributed by atoms with van der Waals surface area (Å²) in [5.74, 6) is 1.66. The Morgan fingerprint density at radius 2 is 1.81 bits per heavy atom. The van der Waals surface area contributed by atoms with Crippen LogP contribution in [0.2, 0.25) is 5.02 Å². The van der Waals surface area contributed by atoms with Gasteiger partial charge in [-0.2, -0.15) is 0 Å². The highest BCUT2D eigenvalue weighted by Crippen LogP contribution is 2.37. The van der Waals surface area contributed by atoms with Gasteiger partial charge >= 0.3 is 0 Å². The second-order valence-corrected chi connectivity index (χ2v) is 6.98. The van der Waals surface area contributed by atoms with Gasteiger partial charge in [0, 0.05) is 36.1 Å². The van der Waals surface area contributed by atoms with Crippen LogP contribution in [0, 0.1) is 0 Å². The highest BCUT2D eigenvalue weighted by molar-refractivity contribution is 6.30. The normalized spacial score (nSPS) is 16.8. The maximum Gasteiger partial charge on any atom is 0.164 e. The summed E-state index contributed by atoms with van der Waals surface area (Å²) in [5.41, 5.74) is 3.24. The minimum absolute atomic E-state index is 0.145. The first kappa shape index (κ1) is 18.7. The molecule has 0 amide bonds. The van der Waals surface area contributed by atoms with Gasteiger partial charge in [0.15, 0.2) is 17.3 Å². The van der Waals surface area contributed by atoms with E-state index in [1.165, 1.54) is 11.1 Å². The predicted octanol–water partition coefficient (Wildman–Crippen LogP) is 4.55. The number of nitrogens with zero attached hydrogens (tertiary/aromatic N) is 1. The second-order valence-electron chi connectivity index (χ2n) is 6.55. The lowest BCUT2D eigenvalue weighted by molar-refractivity contribution is 0.0949. The number of ketones is 1. The van der Waals surface area contributed by atoms with Crippen molar-refractivity contribution in [3.63, 3.8) is 0 Å². The van der Waals surface area contributed by atoms with Gasteiger partial charge in [0.1, 0.15) is 0 Å². The van der Waals surface area contributed by atoms with Crippen LogP contribution < -0.4 is 9.47 Å². The van der Waals surface area contributed by atoms with Crippen molar-refractivity contribution in [3.8, 4) is 11.5 Å². The number of methoxy groups -OCH3 is 2. The van der Waals surface area contributed by atoms with Gasteiger partial charge in [-0.05, 0) is 60.9 Å². The average Bonchev–Trinajstić information content (AvgIpc) is 2.67. The number of carbonyl (C=O) groups is 1. The molecule has 2 aromatic carbocycles. The molecule has 0 saturated heterocycles. The largest absolute Gasteiger partial charge is 0.493 e. The van der Waals surface area contributed by atoms with Crippen LogP contribution in [-0.2, 0) is 6.42 Å². The van der Waals surface area contributed by atoms with Crippen LogP contribution in [0.25, 0.3) is 0 Å². The van der Waals surface area contributed by atoms with E-state index in [-0.39, 0.29) is 11.8 Å². The third kappa shape index (κ3) is 3.87. The topological polar surface area (TPSA) is 38.8 Å². The van der Waals surface area contributed by atoms with E-state index in [2.05, 4.69) is 24.0 Å². The molecule has 1 aliphatic heterocycles. The first-order valence-electron chi connectivity index (χ1n) is 8.81. The Hall–Kier alpha value is -2.04. The molecule has 0 N–H and O–H groups in total. The molecule has 1 unspecified atom stereocenters. The van der Waals surface area contributed by atoms with Crippen molar-refractivity contribution in [1.82, 2.24) is 4.90 Å². The van der Waals surface area contributed by atoms with Gasteiger partial charge in [-0.15, -0.1) is 0 Å². The van der Waals surface area contributed by atoms with E-state index in [1.54, 1.807) is 38.5 Å². The highest BCUT2D eigenvalue weighted by atomic mass is 35.5. The van der Waals surface area contributed by atoms with E-state index in [0.717, 1.165) is 31.0 Å². The fourth-order valence-corrected chi connectivity index (χ4v) is 3.65. The van der Waals surface area contributed by atoms with Gasteiger partial charge in [-0.3, -0.25) is 9.69 Å². The molecule has 1 aliphatic rings. The lowest BCUT2D eigenvalue weighted by Crippen LogP contribution is -2.35.